The van der Waals surface area contributed by atoms with E-state index in [4.69, 9.17) is 32.3 Å². The van der Waals surface area contributed by atoms with Crippen molar-refractivity contribution in [3.05, 3.63) is 27.7 Å². The molecule has 15 heavy (non-hydrogen) atoms. The van der Waals surface area contributed by atoms with E-state index in [-0.39, 0.29) is 0 Å². The van der Waals surface area contributed by atoms with Crippen LogP contribution in [-0.2, 0) is 26.6 Å². The lowest BCUT2D eigenvalue weighted by Gasteiger charge is -2.10. The topological polar surface area (TPSA) is 42.3 Å². The molecule has 1 aromatic carbocycles. The Morgan fingerprint density at radius 3 is 2.47 bits per heavy atom. The maximum atomic E-state index is 7.70. The smallest absolute Gasteiger partial charge is 0.0963 e. The van der Waals surface area contributed by atoms with Crippen LogP contribution in [0.25, 0.3) is 0 Å². The number of hydrogen-bond donors (Lipinski definition) is 1. The van der Waals surface area contributed by atoms with E-state index in [0.717, 1.165) is 12.0 Å². The van der Waals surface area contributed by atoms with Crippen molar-refractivity contribution in [2.24, 2.45) is 0 Å². The molecular weight excluding hydrogens is 257 g/mol. The second-order valence-electron chi connectivity index (χ2n) is 2.73. The number of benzene rings is 1. The molecule has 1 rings (SSSR count). The van der Waals surface area contributed by atoms with Gasteiger partial charge in [0.25, 0.3) is 0 Å². The summed E-state index contributed by atoms with van der Waals surface area (Å²) in [5.41, 5.74) is 0.944. The first-order valence-electron chi connectivity index (χ1n) is 4.24. The monoisotopic (exact) mass is 267 g/mol. The molecule has 0 heterocycles. The zero-order chi connectivity index (χ0) is 11.4. The quantitative estimate of drug-likeness (QED) is 0.666. The Balaban J connectivity index is 3.15. The predicted octanol–water partition coefficient (Wildman–Crippen LogP) is 3.79. The van der Waals surface area contributed by atoms with E-state index < -0.39 is 11.0 Å². The van der Waals surface area contributed by atoms with Gasteiger partial charge >= 0.3 is 0 Å². The standard InChI is InChI=1S/C9H11Cl2NO2S/c1-3-6-4-7(10)8(11)5-9(6)15(12)14-13-2/h4-5,12H,3H2,1-2H3. The second-order valence-corrected chi connectivity index (χ2v) is 4.66. The summed E-state index contributed by atoms with van der Waals surface area (Å²) in [5.74, 6) is 0. The first kappa shape index (κ1) is 12.9. The maximum Gasteiger partial charge on any atom is 0.0963 e. The molecule has 0 spiro atoms. The highest BCUT2D eigenvalue weighted by molar-refractivity contribution is 7.81. The van der Waals surface area contributed by atoms with Crippen molar-refractivity contribution < 1.29 is 9.22 Å². The van der Waals surface area contributed by atoms with Gasteiger partial charge in [0.1, 0.15) is 0 Å². The van der Waals surface area contributed by atoms with Gasteiger partial charge in [-0.1, -0.05) is 30.1 Å². The zero-order valence-electron chi connectivity index (χ0n) is 8.34. The van der Waals surface area contributed by atoms with E-state index in [2.05, 4.69) is 4.89 Å². The van der Waals surface area contributed by atoms with Gasteiger partial charge in [-0.25, -0.2) is 9.67 Å². The van der Waals surface area contributed by atoms with Crippen LogP contribution in [0.5, 0.6) is 0 Å². The van der Waals surface area contributed by atoms with Gasteiger partial charge in [-0.05, 0) is 24.1 Å². The van der Waals surface area contributed by atoms with Crippen molar-refractivity contribution >= 4 is 34.2 Å². The molecule has 0 saturated carbocycles. The minimum absolute atomic E-state index is 0.424. The van der Waals surface area contributed by atoms with Gasteiger partial charge in [-0.2, -0.15) is 0 Å². The molecule has 0 aliphatic heterocycles. The van der Waals surface area contributed by atoms with Crippen LogP contribution < -0.4 is 0 Å². The summed E-state index contributed by atoms with van der Waals surface area (Å²) >= 11 is 11.8. The molecular formula is C9H11Cl2NO2S. The van der Waals surface area contributed by atoms with Crippen LogP contribution in [0.3, 0.4) is 0 Å². The maximum absolute atomic E-state index is 7.70. The van der Waals surface area contributed by atoms with Gasteiger partial charge in [0.2, 0.25) is 0 Å². The highest BCUT2D eigenvalue weighted by Crippen LogP contribution is 2.28. The molecule has 1 aromatic rings. The zero-order valence-corrected chi connectivity index (χ0v) is 10.7. The largest absolute Gasteiger partial charge is 0.248 e. The fraction of sp³-hybridized carbons (Fsp3) is 0.333. The summed E-state index contributed by atoms with van der Waals surface area (Å²) in [4.78, 5) is 5.18. The van der Waals surface area contributed by atoms with Crippen LogP contribution in [0.2, 0.25) is 10.0 Å². The molecule has 1 unspecified atom stereocenters. The number of halogens is 2. The van der Waals surface area contributed by atoms with Gasteiger partial charge in [0.15, 0.2) is 0 Å². The van der Waals surface area contributed by atoms with Gasteiger partial charge in [0.05, 0.1) is 33.0 Å². The van der Waals surface area contributed by atoms with Crippen molar-refractivity contribution in [2.45, 2.75) is 18.2 Å². The fourth-order valence-corrected chi connectivity index (χ4v) is 2.41. The summed E-state index contributed by atoms with van der Waals surface area (Å²) in [6.07, 6.45) is 0.766. The van der Waals surface area contributed by atoms with E-state index in [1.807, 2.05) is 6.92 Å². The summed E-state index contributed by atoms with van der Waals surface area (Å²) < 4.78 is 12.5. The average molecular weight is 268 g/mol. The molecule has 0 radical (unpaired) electrons. The molecule has 6 heteroatoms. The molecule has 0 aliphatic rings. The normalized spacial score (nSPS) is 12.8. The van der Waals surface area contributed by atoms with Gasteiger partial charge < -0.3 is 0 Å². The fourth-order valence-electron chi connectivity index (χ4n) is 1.12. The Morgan fingerprint density at radius 1 is 1.33 bits per heavy atom. The van der Waals surface area contributed by atoms with Crippen molar-refractivity contribution in [3.8, 4) is 0 Å². The van der Waals surface area contributed by atoms with E-state index in [1.165, 1.54) is 7.11 Å². The lowest BCUT2D eigenvalue weighted by atomic mass is 10.2. The van der Waals surface area contributed by atoms with Crippen LogP contribution in [-0.4, -0.2) is 7.11 Å². The van der Waals surface area contributed by atoms with Crippen molar-refractivity contribution in [1.82, 2.24) is 0 Å². The van der Waals surface area contributed by atoms with Gasteiger partial charge in [-0.3, -0.25) is 0 Å². The van der Waals surface area contributed by atoms with Gasteiger partial charge in [-0.15, -0.1) is 4.33 Å². The highest BCUT2D eigenvalue weighted by Gasteiger charge is 2.10. The molecule has 3 nitrogen and oxygen atoms in total. The minimum Gasteiger partial charge on any atom is -0.248 e. The first-order valence-corrected chi connectivity index (χ1v) is 6.15. The summed E-state index contributed by atoms with van der Waals surface area (Å²) in [7, 11) is 0.194. The van der Waals surface area contributed by atoms with Crippen LogP contribution >= 0.6 is 23.2 Å². The Bertz CT molecular complexity index is 385. The third-order valence-corrected chi connectivity index (χ3v) is 3.59. The molecule has 0 aliphatic carbocycles. The number of hydrogen-bond acceptors (Lipinski definition) is 3. The van der Waals surface area contributed by atoms with E-state index in [1.54, 1.807) is 12.1 Å². The molecule has 0 bridgehead atoms. The Labute approximate surface area is 101 Å². The van der Waals surface area contributed by atoms with E-state index in [0.29, 0.717) is 14.9 Å². The van der Waals surface area contributed by atoms with Crippen molar-refractivity contribution in [1.29, 1.82) is 4.78 Å². The molecule has 0 amide bonds. The molecule has 0 saturated heterocycles. The molecule has 1 atom stereocenters. The van der Waals surface area contributed by atoms with Crippen LogP contribution in [0.15, 0.2) is 17.0 Å². The van der Waals surface area contributed by atoms with Crippen LogP contribution in [0, 0.1) is 4.78 Å². The highest BCUT2D eigenvalue weighted by atomic mass is 35.5. The second kappa shape index (κ2) is 5.82. The third-order valence-electron chi connectivity index (χ3n) is 1.82. The third kappa shape index (κ3) is 3.16. The number of nitrogens with one attached hydrogen (secondary N) is 1. The summed E-state index contributed by atoms with van der Waals surface area (Å²) in [5, 5.41) is 0.917. The van der Waals surface area contributed by atoms with E-state index >= 15 is 0 Å². The molecule has 0 aromatic heterocycles. The van der Waals surface area contributed by atoms with Gasteiger partial charge in [0, 0.05) is 0 Å². The Morgan fingerprint density at radius 2 is 1.93 bits per heavy atom. The Kier molecular flexibility index (Phi) is 5.02. The lowest BCUT2D eigenvalue weighted by molar-refractivity contribution is -0.164. The lowest BCUT2D eigenvalue weighted by Crippen LogP contribution is -1.99. The van der Waals surface area contributed by atoms with E-state index in [9.17, 15) is 0 Å². The molecule has 1 N–H and O–H groups in total. The van der Waals surface area contributed by atoms with Crippen LogP contribution in [0.4, 0.5) is 0 Å². The van der Waals surface area contributed by atoms with Crippen molar-refractivity contribution in [3.63, 3.8) is 0 Å². The van der Waals surface area contributed by atoms with Crippen molar-refractivity contribution in [2.75, 3.05) is 7.11 Å². The Hall–Kier alpha value is -0.130. The number of rotatable bonds is 4. The first-order chi connectivity index (χ1) is 7.10. The SMILES string of the molecule is CCc1cc(Cl)c(Cl)cc1S(=N)OOC. The predicted molar refractivity (Wildman–Crippen MR) is 62.3 cm³/mol. The molecule has 84 valence electrons. The number of aryl methyl sites for hydroxylation is 1. The summed E-state index contributed by atoms with van der Waals surface area (Å²) in [6, 6.07) is 3.41. The average Bonchev–Trinajstić information content (AvgIpc) is 2.21. The molecule has 0 fully saturated rings. The summed E-state index contributed by atoms with van der Waals surface area (Å²) in [6.45, 7) is 1.98. The van der Waals surface area contributed by atoms with Crippen LogP contribution in [0.1, 0.15) is 12.5 Å². The minimum atomic E-state index is -1.18.